The lowest BCUT2D eigenvalue weighted by atomic mass is 9.80. The second-order valence-electron chi connectivity index (χ2n) is 8.07. The molecule has 5 heteroatoms. The molecule has 1 fully saturated rings. The van der Waals surface area contributed by atoms with Crippen LogP contribution in [-0.2, 0) is 28.3 Å². The van der Waals surface area contributed by atoms with Gasteiger partial charge in [-0.25, -0.2) is 4.79 Å². The maximum atomic E-state index is 13.0. The molecule has 0 radical (unpaired) electrons. The Morgan fingerprint density at radius 2 is 1.82 bits per heavy atom. The predicted octanol–water partition coefficient (Wildman–Crippen LogP) is 4.24. The summed E-state index contributed by atoms with van der Waals surface area (Å²) in [5.41, 5.74) is -1.00. The monoisotopic (exact) mass is 385 g/mol. The van der Waals surface area contributed by atoms with Gasteiger partial charge < -0.3 is 14.3 Å². The van der Waals surface area contributed by atoms with Gasteiger partial charge in [-0.2, -0.15) is 0 Å². The van der Waals surface area contributed by atoms with Gasteiger partial charge in [-0.05, 0) is 51.4 Å². The van der Waals surface area contributed by atoms with Gasteiger partial charge in [-0.15, -0.1) is 0 Å². The van der Waals surface area contributed by atoms with E-state index in [-0.39, 0.29) is 12.5 Å². The second-order valence-corrected chi connectivity index (χ2v) is 8.07. The number of hydrogen-bond donors (Lipinski definition) is 1. The summed E-state index contributed by atoms with van der Waals surface area (Å²) in [6, 6.07) is 13.3. The highest BCUT2D eigenvalue weighted by molar-refractivity contribution is 5.81. The summed E-state index contributed by atoms with van der Waals surface area (Å²) in [4.78, 5) is 15.1. The zero-order valence-electron chi connectivity index (χ0n) is 17.1. The molecule has 0 spiro atoms. The van der Waals surface area contributed by atoms with Crippen molar-refractivity contribution < 1.29 is 19.1 Å². The molecular weight excluding hydrogens is 354 g/mol. The first-order valence-corrected chi connectivity index (χ1v) is 10.1. The fourth-order valence-corrected chi connectivity index (χ4v) is 3.82. The van der Waals surface area contributed by atoms with Gasteiger partial charge in [-0.1, -0.05) is 43.2 Å². The largest absolute Gasteiger partial charge is 0.461 e. The number of furan rings is 1. The fourth-order valence-electron chi connectivity index (χ4n) is 3.82. The Labute approximate surface area is 167 Å². The molecule has 1 atom stereocenters. The maximum absolute atomic E-state index is 13.0. The molecule has 1 aromatic carbocycles. The molecule has 1 heterocycles. The van der Waals surface area contributed by atoms with E-state index in [1.165, 1.54) is 0 Å². The first kappa shape index (κ1) is 20.6. The van der Waals surface area contributed by atoms with E-state index < -0.39 is 11.6 Å². The Morgan fingerprint density at radius 3 is 2.46 bits per heavy atom. The van der Waals surface area contributed by atoms with Crippen LogP contribution in [0.5, 0.6) is 0 Å². The molecule has 0 amide bonds. The first-order chi connectivity index (χ1) is 13.4. The number of rotatable bonds is 8. The van der Waals surface area contributed by atoms with Crippen LogP contribution in [0.3, 0.4) is 0 Å². The van der Waals surface area contributed by atoms with Gasteiger partial charge in [0.2, 0.25) is 0 Å². The normalized spacial score (nSPS) is 17.2. The van der Waals surface area contributed by atoms with E-state index in [1.54, 1.807) is 12.1 Å². The Morgan fingerprint density at radius 1 is 1.18 bits per heavy atom. The highest BCUT2D eigenvalue weighted by atomic mass is 16.6. The van der Waals surface area contributed by atoms with Crippen molar-refractivity contribution >= 4 is 5.97 Å². The van der Waals surface area contributed by atoms with Gasteiger partial charge in [0.1, 0.15) is 18.1 Å². The van der Waals surface area contributed by atoms with Crippen molar-refractivity contribution in [1.29, 1.82) is 0 Å². The number of carbonyl (C=O) groups is 1. The number of aliphatic hydroxyl groups is 1. The Bertz CT molecular complexity index is 764. The molecule has 0 aliphatic heterocycles. The van der Waals surface area contributed by atoms with Crippen molar-refractivity contribution in [2.75, 3.05) is 7.05 Å². The standard InChI is InChI=1S/C23H31NO4/c1-17(2)24(3)15-20-13-14-21(28-20)16-27-22(25)23(26,19-11-7-8-12-19)18-9-5-4-6-10-18/h4-6,9-10,13-14,17,19,26H,7-8,11-12,15-16H2,1-3H3/t23-/m0/s1. The van der Waals surface area contributed by atoms with Crippen molar-refractivity contribution in [2.24, 2.45) is 5.92 Å². The molecule has 0 unspecified atom stereocenters. The molecule has 2 aromatic rings. The lowest BCUT2D eigenvalue weighted by Gasteiger charge is -2.32. The molecule has 28 heavy (non-hydrogen) atoms. The van der Waals surface area contributed by atoms with E-state index in [9.17, 15) is 9.90 Å². The minimum Gasteiger partial charge on any atom is -0.461 e. The number of hydrogen-bond acceptors (Lipinski definition) is 5. The summed E-state index contributed by atoms with van der Waals surface area (Å²) in [5.74, 6) is 0.704. The van der Waals surface area contributed by atoms with Crippen LogP contribution >= 0.6 is 0 Å². The number of nitrogens with zero attached hydrogens (tertiary/aromatic N) is 1. The van der Waals surface area contributed by atoms with E-state index in [2.05, 4.69) is 18.7 Å². The van der Waals surface area contributed by atoms with Crippen molar-refractivity contribution in [3.05, 3.63) is 59.5 Å². The average molecular weight is 386 g/mol. The third-order valence-electron chi connectivity index (χ3n) is 5.82. The summed E-state index contributed by atoms with van der Waals surface area (Å²) in [5, 5.41) is 11.4. The summed E-state index contributed by atoms with van der Waals surface area (Å²) in [6.45, 7) is 4.96. The van der Waals surface area contributed by atoms with Gasteiger partial charge in [0.25, 0.3) is 0 Å². The van der Waals surface area contributed by atoms with Crippen LogP contribution < -0.4 is 0 Å². The van der Waals surface area contributed by atoms with Crippen LogP contribution in [0.4, 0.5) is 0 Å². The van der Waals surface area contributed by atoms with Crippen molar-refractivity contribution in [1.82, 2.24) is 4.90 Å². The molecule has 1 aliphatic carbocycles. The van der Waals surface area contributed by atoms with E-state index in [1.807, 2.05) is 37.4 Å². The van der Waals surface area contributed by atoms with Gasteiger partial charge in [0.15, 0.2) is 5.60 Å². The fraction of sp³-hybridized carbons (Fsp3) is 0.522. The van der Waals surface area contributed by atoms with Crippen molar-refractivity contribution in [3.63, 3.8) is 0 Å². The quantitative estimate of drug-likeness (QED) is 0.689. The van der Waals surface area contributed by atoms with E-state index in [0.717, 1.165) is 31.4 Å². The second kappa shape index (κ2) is 8.93. The van der Waals surface area contributed by atoms with Crippen LogP contribution in [-0.4, -0.2) is 29.1 Å². The predicted molar refractivity (Wildman–Crippen MR) is 107 cm³/mol. The highest BCUT2D eigenvalue weighted by Crippen LogP contribution is 2.41. The summed E-state index contributed by atoms with van der Waals surface area (Å²) >= 11 is 0. The van der Waals surface area contributed by atoms with Gasteiger partial charge in [-0.3, -0.25) is 4.90 Å². The Balaban J connectivity index is 1.69. The van der Waals surface area contributed by atoms with Crippen LogP contribution in [0, 0.1) is 5.92 Å². The van der Waals surface area contributed by atoms with Gasteiger partial charge >= 0.3 is 5.97 Å². The molecule has 1 N–H and O–H groups in total. The van der Waals surface area contributed by atoms with Crippen LogP contribution in [0.1, 0.15) is 56.6 Å². The molecule has 1 saturated carbocycles. The molecule has 5 nitrogen and oxygen atoms in total. The third kappa shape index (κ3) is 4.47. The first-order valence-electron chi connectivity index (χ1n) is 10.1. The summed E-state index contributed by atoms with van der Waals surface area (Å²) in [7, 11) is 2.04. The van der Waals surface area contributed by atoms with E-state index in [0.29, 0.717) is 23.9 Å². The Kier molecular flexibility index (Phi) is 6.57. The number of benzene rings is 1. The molecule has 1 aromatic heterocycles. The van der Waals surface area contributed by atoms with Gasteiger partial charge in [0, 0.05) is 12.0 Å². The minimum atomic E-state index is -1.61. The molecular formula is C23H31NO4. The van der Waals surface area contributed by atoms with Crippen LogP contribution in [0.15, 0.2) is 46.9 Å². The Hall–Kier alpha value is -2.11. The summed E-state index contributed by atoms with van der Waals surface area (Å²) in [6.07, 6.45) is 3.70. The van der Waals surface area contributed by atoms with Crippen LogP contribution in [0.2, 0.25) is 0 Å². The van der Waals surface area contributed by atoms with Gasteiger partial charge in [0.05, 0.1) is 6.54 Å². The van der Waals surface area contributed by atoms with E-state index >= 15 is 0 Å². The highest BCUT2D eigenvalue weighted by Gasteiger charge is 2.47. The zero-order valence-corrected chi connectivity index (χ0v) is 17.1. The molecule has 1 aliphatic rings. The smallest absolute Gasteiger partial charge is 0.343 e. The van der Waals surface area contributed by atoms with Crippen LogP contribution in [0.25, 0.3) is 0 Å². The SMILES string of the molecule is CC(C)N(C)Cc1ccc(COC(=O)[C@](O)(c2ccccc2)C2CCCC2)o1. The molecule has 152 valence electrons. The maximum Gasteiger partial charge on any atom is 0.343 e. The topological polar surface area (TPSA) is 62.9 Å². The number of esters is 1. The average Bonchev–Trinajstić information content (AvgIpc) is 3.38. The van der Waals surface area contributed by atoms with Crippen molar-refractivity contribution in [2.45, 2.75) is 64.3 Å². The lowest BCUT2D eigenvalue weighted by molar-refractivity contribution is -0.175. The van der Waals surface area contributed by atoms with E-state index in [4.69, 9.17) is 9.15 Å². The molecule has 0 bridgehead atoms. The molecule has 3 rings (SSSR count). The zero-order chi connectivity index (χ0) is 20.1. The number of carbonyl (C=O) groups excluding carboxylic acids is 1. The lowest BCUT2D eigenvalue weighted by Crippen LogP contribution is -2.43. The molecule has 0 saturated heterocycles. The third-order valence-corrected chi connectivity index (χ3v) is 5.82. The van der Waals surface area contributed by atoms with Crippen molar-refractivity contribution in [3.8, 4) is 0 Å². The summed E-state index contributed by atoms with van der Waals surface area (Å²) < 4.78 is 11.3. The minimum absolute atomic E-state index is 0.0199. The number of ether oxygens (including phenoxy) is 1.